The lowest BCUT2D eigenvalue weighted by Gasteiger charge is -2.16. The summed E-state index contributed by atoms with van der Waals surface area (Å²) in [4.78, 5) is 24.7. The van der Waals surface area contributed by atoms with E-state index >= 15 is 0 Å². The average Bonchev–Trinajstić information content (AvgIpc) is 2.59. The fourth-order valence-corrected chi connectivity index (χ4v) is 2.65. The Balaban J connectivity index is 1.89. The predicted molar refractivity (Wildman–Crippen MR) is 92.0 cm³/mol. The molecule has 0 saturated heterocycles. The SMILES string of the molecule is CC(F)CC(CO[P+](=O)Oc1ccccc1)OCn1ccc(=O)[nH]c1=O. The van der Waals surface area contributed by atoms with Crippen molar-refractivity contribution in [2.45, 2.75) is 32.4 Å². The average molecular weight is 385 g/mol. The topological polar surface area (TPSA) is 99.6 Å². The van der Waals surface area contributed by atoms with Crippen molar-refractivity contribution >= 4 is 8.25 Å². The quantitative estimate of drug-likeness (QED) is 0.631. The Labute approximate surface area is 149 Å². The molecule has 0 amide bonds. The summed E-state index contributed by atoms with van der Waals surface area (Å²) in [6.45, 7) is 0.949. The first-order valence-corrected chi connectivity index (χ1v) is 8.92. The molecule has 0 aliphatic heterocycles. The molecule has 3 unspecified atom stereocenters. The minimum absolute atomic E-state index is 0.0212. The highest BCUT2D eigenvalue weighted by Gasteiger charge is 2.26. The summed E-state index contributed by atoms with van der Waals surface area (Å²) < 4.78 is 41.9. The number of nitrogens with one attached hydrogen (secondary N) is 1. The van der Waals surface area contributed by atoms with Crippen LogP contribution in [0.2, 0.25) is 0 Å². The van der Waals surface area contributed by atoms with Gasteiger partial charge in [0.25, 0.3) is 5.56 Å². The zero-order valence-corrected chi connectivity index (χ0v) is 14.9. The van der Waals surface area contributed by atoms with E-state index in [2.05, 4.69) is 4.98 Å². The molecular formula is C16H19FN2O6P+. The van der Waals surface area contributed by atoms with Crippen molar-refractivity contribution in [1.82, 2.24) is 9.55 Å². The van der Waals surface area contributed by atoms with Gasteiger partial charge in [-0.1, -0.05) is 18.2 Å². The van der Waals surface area contributed by atoms with E-state index in [1.54, 1.807) is 30.3 Å². The lowest BCUT2D eigenvalue weighted by molar-refractivity contribution is -0.0331. The van der Waals surface area contributed by atoms with Crippen molar-refractivity contribution < 1.29 is 22.7 Å². The van der Waals surface area contributed by atoms with E-state index in [0.29, 0.717) is 5.75 Å². The molecule has 140 valence electrons. The highest BCUT2D eigenvalue weighted by atomic mass is 31.1. The molecule has 26 heavy (non-hydrogen) atoms. The van der Waals surface area contributed by atoms with Crippen LogP contribution in [-0.2, 0) is 20.6 Å². The number of aromatic amines is 1. The van der Waals surface area contributed by atoms with Crippen molar-refractivity contribution in [2.24, 2.45) is 0 Å². The Kier molecular flexibility index (Phi) is 7.65. The third-order valence-electron chi connectivity index (χ3n) is 3.22. The number of rotatable bonds is 10. The van der Waals surface area contributed by atoms with Crippen LogP contribution in [0.3, 0.4) is 0 Å². The van der Waals surface area contributed by atoms with Gasteiger partial charge in [-0.05, 0) is 19.1 Å². The van der Waals surface area contributed by atoms with Gasteiger partial charge in [-0.25, -0.2) is 13.7 Å². The van der Waals surface area contributed by atoms with Gasteiger partial charge in [0, 0.05) is 23.2 Å². The molecule has 8 nitrogen and oxygen atoms in total. The Morgan fingerprint density at radius 3 is 2.62 bits per heavy atom. The van der Waals surface area contributed by atoms with Crippen LogP contribution in [0.25, 0.3) is 0 Å². The molecule has 2 aromatic rings. The number of alkyl halides is 1. The number of ether oxygens (including phenoxy) is 1. The van der Waals surface area contributed by atoms with Crippen LogP contribution in [-0.4, -0.2) is 28.4 Å². The summed E-state index contributed by atoms with van der Waals surface area (Å²) in [5, 5.41) is 0. The summed E-state index contributed by atoms with van der Waals surface area (Å²) in [5.74, 6) is 0.379. The minimum atomic E-state index is -2.46. The molecule has 0 aliphatic carbocycles. The normalized spacial score (nSPS) is 13.8. The van der Waals surface area contributed by atoms with E-state index in [1.807, 2.05) is 0 Å². The van der Waals surface area contributed by atoms with Crippen LogP contribution in [0.1, 0.15) is 13.3 Å². The zero-order chi connectivity index (χ0) is 18.9. The van der Waals surface area contributed by atoms with Gasteiger partial charge in [-0.15, -0.1) is 4.52 Å². The van der Waals surface area contributed by atoms with Gasteiger partial charge < -0.3 is 4.74 Å². The molecule has 0 fully saturated rings. The van der Waals surface area contributed by atoms with Gasteiger partial charge in [-0.3, -0.25) is 14.3 Å². The van der Waals surface area contributed by atoms with Crippen LogP contribution in [0.4, 0.5) is 4.39 Å². The van der Waals surface area contributed by atoms with Crippen LogP contribution in [0, 0.1) is 0 Å². The molecule has 0 aliphatic rings. The number of H-pyrrole nitrogens is 1. The van der Waals surface area contributed by atoms with E-state index < -0.39 is 31.8 Å². The Morgan fingerprint density at radius 1 is 1.23 bits per heavy atom. The number of nitrogens with zero attached hydrogens (tertiary/aromatic N) is 1. The van der Waals surface area contributed by atoms with Gasteiger partial charge >= 0.3 is 13.9 Å². The van der Waals surface area contributed by atoms with Crippen molar-refractivity contribution in [3.63, 3.8) is 0 Å². The lowest BCUT2D eigenvalue weighted by Crippen LogP contribution is -2.32. The number of para-hydroxylation sites is 1. The maximum absolute atomic E-state index is 13.3. The highest BCUT2D eigenvalue weighted by Crippen LogP contribution is 2.28. The fraction of sp³-hybridized carbons (Fsp3) is 0.375. The standard InChI is InChI=1S/C16H18FN2O6P/c1-12(17)9-14(23-11-19-8-7-15(20)18-16(19)21)10-24-26(22)25-13-5-3-2-4-6-13/h2-8,12,14H,9-11H2,1H3/p+1. The minimum Gasteiger partial charge on any atom is -0.355 e. The van der Waals surface area contributed by atoms with E-state index in [0.717, 1.165) is 4.57 Å². The fourth-order valence-electron chi connectivity index (χ4n) is 2.02. The summed E-state index contributed by atoms with van der Waals surface area (Å²) in [7, 11) is -2.46. The molecule has 3 atom stereocenters. The summed E-state index contributed by atoms with van der Waals surface area (Å²) in [5.41, 5.74) is -1.18. The molecule has 1 aromatic carbocycles. The van der Waals surface area contributed by atoms with Gasteiger partial charge in [-0.2, -0.15) is 0 Å². The van der Waals surface area contributed by atoms with E-state index in [4.69, 9.17) is 13.8 Å². The lowest BCUT2D eigenvalue weighted by atomic mass is 10.2. The highest BCUT2D eigenvalue weighted by molar-refractivity contribution is 7.33. The van der Waals surface area contributed by atoms with E-state index in [1.165, 1.54) is 19.2 Å². The maximum Gasteiger partial charge on any atom is 0.750 e. The second kappa shape index (κ2) is 9.96. The summed E-state index contributed by atoms with van der Waals surface area (Å²) in [6, 6.07) is 9.63. The number of hydrogen-bond acceptors (Lipinski definition) is 6. The monoisotopic (exact) mass is 385 g/mol. The molecular weight excluding hydrogens is 366 g/mol. The van der Waals surface area contributed by atoms with Gasteiger partial charge in [0.15, 0.2) is 5.75 Å². The third kappa shape index (κ3) is 6.87. The Hall–Kier alpha value is -2.35. The van der Waals surface area contributed by atoms with Crippen LogP contribution in [0.5, 0.6) is 5.75 Å². The Morgan fingerprint density at radius 2 is 1.96 bits per heavy atom. The number of hydrogen-bond donors (Lipinski definition) is 1. The molecule has 0 saturated carbocycles. The van der Waals surface area contributed by atoms with Crippen molar-refractivity contribution in [3.05, 3.63) is 63.4 Å². The molecule has 1 N–H and O–H groups in total. The smallest absolute Gasteiger partial charge is 0.355 e. The second-order valence-electron chi connectivity index (χ2n) is 5.44. The van der Waals surface area contributed by atoms with Crippen molar-refractivity contribution in [3.8, 4) is 5.75 Å². The van der Waals surface area contributed by atoms with E-state index in [9.17, 15) is 18.5 Å². The number of aromatic nitrogens is 2. The zero-order valence-electron chi connectivity index (χ0n) is 14.0. The van der Waals surface area contributed by atoms with Crippen LogP contribution < -0.4 is 15.8 Å². The molecule has 10 heteroatoms. The Bertz CT molecular complexity index is 823. The molecule has 2 rings (SSSR count). The van der Waals surface area contributed by atoms with Crippen LogP contribution >= 0.6 is 8.25 Å². The van der Waals surface area contributed by atoms with E-state index in [-0.39, 0.29) is 19.8 Å². The van der Waals surface area contributed by atoms with Crippen LogP contribution in [0.15, 0.2) is 52.2 Å². The van der Waals surface area contributed by atoms with Gasteiger partial charge in [0.2, 0.25) is 0 Å². The number of benzene rings is 1. The molecule has 0 radical (unpaired) electrons. The van der Waals surface area contributed by atoms with Crippen molar-refractivity contribution in [2.75, 3.05) is 6.61 Å². The van der Waals surface area contributed by atoms with Gasteiger partial charge in [0.05, 0.1) is 12.3 Å². The molecule has 0 bridgehead atoms. The summed E-state index contributed by atoms with van der Waals surface area (Å²) in [6.07, 6.45) is -0.709. The molecule has 0 spiro atoms. The number of halogens is 1. The predicted octanol–water partition coefficient (Wildman–Crippen LogP) is 2.38. The summed E-state index contributed by atoms with van der Waals surface area (Å²) >= 11 is 0. The second-order valence-corrected chi connectivity index (χ2v) is 6.33. The first-order valence-electron chi connectivity index (χ1n) is 7.82. The molecule has 1 heterocycles. The largest absolute Gasteiger partial charge is 0.750 e. The van der Waals surface area contributed by atoms with Crippen molar-refractivity contribution in [1.29, 1.82) is 0 Å². The van der Waals surface area contributed by atoms with Gasteiger partial charge in [0.1, 0.15) is 13.3 Å². The maximum atomic E-state index is 13.3. The first kappa shape index (κ1) is 20.0. The first-order chi connectivity index (χ1) is 12.4. The third-order valence-corrected chi connectivity index (χ3v) is 3.94. The molecule has 1 aromatic heterocycles.